The summed E-state index contributed by atoms with van der Waals surface area (Å²) in [5.41, 5.74) is 4.09. The van der Waals surface area contributed by atoms with Crippen LogP contribution in [0.3, 0.4) is 0 Å². The second kappa shape index (κ2) is 9.25. The monoisotopic (exact) mass is 435 g/mol. The summed E-state index contributed by atoms with van der Waals surface area (Å²) in [7, 11) is 0. The molecule has 170 valence electrons. The Morgan fingerprint density at radius 2 is 1.66 bits per heavy atom. The molecule has 0 amide bonds. The van der Waals surface area contributed by atoms with Crippen LogP contribution in [0.2, 0.25) is 0 Å². The summed E-state index contributed by atoms with van der Waals surface area (Å²) in [4.78, 5) is 13.3. The molecular formula is C28H34FNO2. The number of hydrogen-bond donors (Lipinski definition) is 1. The van der Waals surface area contributed by atoms with Gasteiger partial charge in [-0.1, -0.05) is 44.2 Å². The number of hydrogen-bond acceptors (Lipinski definition) is 3. The standard InChI is InChI=1S/C28H34FNO2/c29-27-17-22(30-14-12-19(18-31)13-15-30)7-10-26(27)28-24(20-4-2-1-3-5-20)9-6-21-16-23(32)8-11-25(21)28/h7-8,10-11,16-20,24,28,32H,1-6,9,12-15H2/t24-,28+/m1/s1. The summed E-state index contributed by atoms with van der Waals surface area (Å²) in [5, 5.41) is 10.0. The smallest absolute Gasteiger partial charge is 0.129 e. The summed E-state index contributed by atoms with van der Waals surface area (Å²) in [5.74, 6) is 1.48. The van der Waals surface area contributed by atoms with Crippen molar-refractivity contribution in [1.29, 1.82) is 0 Å². The minimum Gasteiger partial charge on any atom is -0.508 e. The van der Waals surface area contributed by atoms with Crippen LogP contribution >= 0.6 is 0 Å². The molecular weight excluding hydrogens is 401 g/mol. The average molecular weight is 436 g/mol. The highest BCUT2D eigenvalue weighted by Crippen LogP contribution is 2.49. The van der Waals surface area contributed by atoms with Crippen molar-refractivity contribution in [2.45, 2.75) is 63.7 Å². The third-order valence-electron chi connectivity index (χ3n) is 8.31. The van der Waals surface area contributed by atoms with Gasteiger partial charge >= 0.3 is 0 Å². The molecule has 0 spiro atoms. The number of nitrogens with zero attached hydrogens (tertiary/aromatic N) is 1. The van der Waals surface area contributed by atoms with Crippen molar-refractivity contribution in [2.75, 3.05) is 18.0 Å². The molecule has 1 aliphatic heterocycles. The molecule has 2 aromatic carbocycles. The molecule has 4 heteroatoms. The third kappa shape index (κ3) is 4.16. The molecule has 0 bridgehead atoms. The number of aromatic hydroxyl groups is 1. The van der Waals surface area contributed by atoms with Gasteiger partial charge in [0.1, 0.15) is 17.9 Å². The van der Waals surface area contributed by atoms with E-state index in [1.807, 2.05) is 18.2 Å². The van der Waals surface area contributed by atoms with Crippen LogP contribution in [0.15, 0.2) is 36.4 Å². The van der Waals surface area contributed by atoms with Gasteiger partial charge in [0.15, 0.2) is 0 Å². The van der Waals surface area contributed by atoms with Crippen molar-refractivity contribution in [3.8, 4) is 5.75 Å². The maximum absolute atomic E-state index is 15.7. The van der Waals surface area contributed by atoms with E-state index in [1.54, 1.807) is 12.1 Å². The Balaban J connectivity index is 1.48. The van der Waals surface area contributed by atoms with Gasteiger partial charge in [-0.2, -0.15) is 0 Å². The van der Waals surface area contributed by atoms with E-state index in [-0.39, 0.29) is 17.7 Å². The number of halogens is 1. The van der Waals surface area contributed by atoms with Gasteiger partial charge in [-0.25, -0.2) is 4.39 Å². The highest BCUT2D eigenvalue weighted by molar-refractivity contribution is 5.56. The van der Waals surface area contributed by atoms with Gasteiger partial charge in [0, 0.05) is 30.6 Å². The number of phenols is 1. The number of aryl methyl sites for hydroxylation is 1. The topological polar surface area (TPSA) is 40.5 Å². The van der Waals surface area contributed by atoms with Gasteiger partial charge < -0.3 is 14.8 Å². The first-order valence-electron chi connectivity index (χ1n) is 12.5. The Hall–Kier alpha value is -2.36. The molecule has 2 fully saturated rings. The van der Waals surface area contributed by atoms with E-state index in [9.17, 15) is 9.90 Å². The first-order valence-corrected chi connectivity index (χ1v) is 12.5. The molecule has 3 nitrogen and oxygen atoms in total. The summed E-state index contributed by atoms with van der Waals surface area (Å²) in [6.45, 7) is 1.61. The van der Waals surface area contributed by atoms with E-state index >= 15 is 4.39 Å². The van der Waals surface area contributed by atoms with Gasteiger partial charge in [0.2, 0.25) is 0 Å². The summed E-state index contributed by atoms with van der Waals surface area (Å²) >= 11 is 0. The second-order valence-corrected chi connectivity index (χ2v) is 10.1. The van der Waals surface area contributed by atoms with Crippen molar-refractivity contribution >= 4 is 12.0 Å². The molecule has 0 radical (unpaired) electrons. The Morgan fingerprint density at radius 1 is 0.906 bits per heavy atom. The quantitative estimate of drug-likeness (QED) is 0.580. The van der Waals surface area contributed by atoms with Crippen LogP contribution in [0, 0.1) is 23.6 Å². The average Bonchev–Trinajstić information content (AvgIpc) is 2.84. The first kappa shape index (κ1) is 21.5. The Labute approximate surface area is 190 Å². The predicted molar refractivity (Wildman–Crippen MR) is 126 cm³/mol. The van der Waals surface area contributed by atoms with Crippen LogP contribution in [0.1, 0.15) is 74.0 Å². The zero-order valence-electron chi connectivity index (χ0n) is 18.8. The largest absolute Gasteiger partial charge is 0.508 e. The summed E-state index contributed by atoms with van der Waals surface area (Å²) in [6, 6.07) is 11.5. The van der Waals surface area contributed by atoms with Crippen molar-refractivity contribution in [1.82, 2.24) is 0 Å². The van der Waals surface area contributed by atoms with E-state index in [0.29, 0.717) is 17.6 Å². The minimum atomic E-state index is -0.119. The number of rotatable bonds is 4. The van der Waals surface area contributed by atoms with Crippen molar-refractivity contribution < 1.29 is 14.3 Å². The Kier molecular flexibility index (Phi) is 6.21. The highest BCUT2D eigenvalue weighted by Gasteiger charge is 2.37. The van der Waals surface area contributed by atoms with Crippen LogP contribution in [0.4, 0.5) is 10.1 Å². The van der Waals surface area contributed by atoms with Gasteiger partial charge in [-0.3, -0.25) is 0 Å². The minimum absolute atomic E-state index is 0.0531. The van der Waals surface area contributed by atoms with Crippen LogP contribution in [0.25, 0.3) is 0 Å². The maximum atomic E-state index is 15.7. The number of piperidine rings is 1. The van der Waals surface area contributed by atoms with Gasteiger partial charge in [-0.15, -0.1) is 0 Å². The van der Waals surface area contributed by atoms with Gasteiger partial charge in [-0.05, 0) is 78.5 Å². The fourth-order valence-corrected chi connectivity index (χ4v) is 6.56. The van der Waals surface area contributed by atoms with Crippen LogP contribution in [-0.4, -0.2) is 24.5 Å². The SMILES string of the molecule is O=CC1CCN(c2ccc([C@@H]3c4ccc(O)cc4CC[C@@H]3C3CCCCC3)c(F)c2)CC1. The molecule has 1 saturated carbocycles. The number of phenolic OH excluding ortho intramolecular Hbond substituents is 1. The normalized spacial score (nSPS) is 24.8. The lowest BCUT2D eigenvalue weighted by molar-refractivity contribution is -0.111. The zero-order chi connectivity index (χ0) is 22.1. The van der Waals surface area contributed by atoms with Crippen LogP contribution in [0.5, 0.6) is 5.75 Å². The zero-order valence-corrected chi connectivity index (χ0v) is 18.8. The van der Waals surface area contributed by atoms with E-state index in [0.717, 1.165) is 56.3 Å². The Morgan fingerprint density at radius 3 is 2.38 bits per heavy atom. The number of carbonyl (C=O) groups excluding carboxylic acids is 1. The number of carbonyl (C=O) groups is 1. The Bertz CT molecular complexity index is 960. The highest BCUT2D eigenvalue weighted by atomic mass is 19.1. The number of fused-ring (bicyclic) bond motifs is 1. The number of anilines is 1. The van der Waals surface area contributed by atoms with Gasteiger partial charge in [0.05, 0.1) is 0 Å². The molecule has 3 aliphatic rings. The first-order chi connectivity index (χ1) is 15.6. The fraction of sp³-hybridized carbons (Fsp3) is 0.536. The van der Waals surface area contributed by atoms with E-state index in [4.69, 9.17) is 0 Å². The van der Waals surface area contributed by atoms with Crippen LogP contribution in [-0.2, 0) is 11.2 Å². The molecule has 1 heterocycles. The van der Waals surface area contributed by atoms with Crippen LogP contribution < -0.4 is 4.90 Å². The number of benzene rings is 2. The molecule has 1 N–H and O–H groups in total. The molecule has 32 heavy (non-hydrogen) atoms. The molecule has 0 aromatic heterocycles. The predicted octanol–water partition coefficient (Wildman–Crippen LogP) is 6.22. The second-order valence-electron chi connectivity index (χ2n) is 10.1. The molecule has 0 unspecified atom stereocenters. The van der Waals surface area contributed by atoms with Crippen molar-refractivity contribution in [3.63, 3.8) is 0 Å². The lowest BCUT2D eigenvalue weighted by atomic mass is 9.64. The maximum Gasteiger partial charge on any atom is 0.129 e. The van der Waals surface area contributed by atoms with Crippen molar-refractivity contribution in [2.24, 2.45) is 17.8 Å². The molecule has 2 aromatic rings. The summed E-state index contributed by atoms with van der Waals surface area (Å²) < 4.78 is 15.7. The lowest BCUT2D eigenvalue weighted by Crippen LogP contribution is -2.34. The molecule has 2 atom stereocenters. The fourth-order valence-electron chi connectivity index (χ4n) is 6.56. The molecule has 1 saturated heterocycles. The van der Waals surface area contributed by atoms with Gasteiger partial charge in [0.25, 0.3) is 0 Å². The van der Waals surface area contributed by atoms with Crippen molar-refractivity contribution in [3.05, 3.63) is 58.9 Å². The third-order valence-corrected chi connectivity index (χ3v) is 8.31. The van der Waals surface area contributed by atoms with E-state index < -0.39 is 0 Å². The van der Waals surface area contributed by atoms with E-state index in [1.165, 1.54) is 43.2 Å². The molecule has 5 rings (SSSR count). The van der Waals surface area contributed by atoms with E-state index in [2.05, 4.69) is 11.0 Å². The summed E-state index contributed by atoms with van der Waals surface area (Å²) in [6.07, 6.45) is 11.2. The molecule has 2 aliphatic carbocycles. The number of aldehydes is 1. The lowest BCUT2D eigenvalue weighted by Gasteiger charge is -2.41.